The molecule has 1 heterocycles. The van der Waals surface area contributed by atoms with Gasteiger partial charge in [-0.2, -0.15) is 83.4 Å². The molecule has 1 aliphatic heterocycles. The fourth-order valence-corrected chi connectivity index (χ4v) is 1.90. The molecule has 0 aromatic carbocycles. The van der Waals surface area contributed by atoms with Crippen molar-refractivity contribution in [2.45, 2.75) is 54.3 Å². The minimum Gasteiger partial charge on any atom is -0.282 e. The number of ether oxygens (including phenoxy) is 1. The molecular weight excluding hydrogens is 499 g/mol. The van der Waals surface area contributed by atoms with Gasteiger partial charge in [0.05, 0.1) is 0 Å². The summed E-state index contributed by atoms with van der Waals surface area (Å²) in [4.78, 5) is -4.80. The van der Waals surface area contributed by atoms with Gasteiger partial charge in [0.1, 0.15) is 0 Å². The molecule has 0 spiro atoms. The summed E-state index contributed by atoms with van der Waals surface area (Å²) < 4.78 is 246. The summed E-state index contributed by atoms with van der Waals surface area (Å²) in [5.41, 5.74) is 0. The smallest absolute Gasteiger partial charge is 0.282 e. The summed E-state index contributed by atoms with van der Waals surface area (Å²) in [7, 11) is 0. The van der Waals surface area contributed by atoms with Crippen molar-refractivity contribution >= 4 is 0 Å². The predicted octanol–water partition coefficient (Wildman–Crippen LogP) is 5.75. The number of hydrogen-bond acceptors (Lipinski definition) is 2. The molecule has 0 N–H and O–H groups in total. The van der Waals surface area contributed by atoms with Gasteiger partial charge in [0.15, 0.2) is 0 Å². The van der Waals surface area contributed by atoms with Gasteiger partial charge in [-0.25, -0.2) is 0 Å². The lowest BCUT2D eigenvalue weighted by molar-refractivity contribution is -0.606. The SMILES string of the molecule is FC(F)(F)C(F)(F)C(F)(F)N1C(F)(F)C(F)(C(F)(F)F)OC(F)(C(F)(F)F)C1(F)F. The summed E-state index contributed by atoms with van der Waals surface area (Å²) in [5, 5.41) is 0. The highest BCUT2D eigenvalue weighted by Gasteiger charge is 2.97. The largest absolute Gasteiger partial charge is 0.461 e. The minimum atomic E-state index is -8.52. The van der Waals surface area contributed by atoms with Crippen LogP contribution in [0.1, 0.15) is 0 Å². The summed E-state index contributed by atoms with van der Waals surface area (Å²) in [6.07, 6.45) is -23.7. The van der Waals surface area contributed by atoms with Gasteiger partial charge in [0, 0.05) is 0 Å². The van der Waals surface area contributed by atoms with Crippen LogP contribution in [0.2, 0.25) is 0 Å². The van der Waals surface area contributed by atoms with Crippen LogP contribution in [-0.2, 0) is 4.74 Å². The van der Waals surface area contributed by atoms with E-state index in [0.29, 0.717) is 0 Å². The first-order valence-electron chi connectivity index (χ1n) is 6.17. The van der Waals surface area contributed by atoms with Crippen molar-refractivity contribution in [3.8, 4) is 0 Å². The fourth-order valence-electron chi connectivity index (χ4n) is 1.90. The maximum absolute atomic E-state index is 13.6. The van der Waals surface area contributed by atoms with Gasteiger partial charge in [0.25, 0.3) is 0 Å². The van der Waals surface area contributed by atoms with Crippen molar-refractivity contribution in [1.82, 2.24) is 4.90 Å². The van der Waals surface area contributed by atoms with Gasteiger partial charge in [-0.15, -0.1) is 4.90 Å². The van der Waals surface area contributed by atoms with Gasteiger partial charge < -0.3 is 0 Å². The molecule has 2 nitrogen and oxygen atoms in total. The van der Waals surface area contributed by atoms with E-state index >= 15 is 0 Å². The number of nitrogens with zero attached hydrogens (tertiary/aromatic N) is 1. The highest BCUT2D eigenvalue weighted by Crippen LogP contribution is 2.66. The molecule has 2 unspecified atom stereocenters. The zero-order valence-corrected chi connectivity index (χ0v) is 12.5. The highest BCUT2D eigenvalue weighted by atomic mass is 19.4. The van der Waals surface area contributed by atoms with Crippen LogP contribution in [0.4, 0.5) is 83.4 Å². The molecule has 2 atom stereocenters. The van der Waals surface area contributed by atoms with Crippen LogP contribution in [0.5, 0.6) is 0 Å². The van der Waals surface area contributed by atoms with E-state index in [-0.39, 0.29) is 0 Å². The Labute approximate surface area is 149 Å². The molecule has 0 saturated carbocycles. The molecule has 1 saturated heterocycles. The molecular formula is C9F19NO. The molecule has 0 amide bonds. The Bertz CT molecular complexity index is 624. The second-order valence-electron chi connectivity index (χ2n) is 5.32. The zero-order valence-electron chi connectivity index (χ0n) is 12.5. The van der Waals surface area contributed by atoms with Crippen LogP contribution >= 0.6 is 0 Å². The van der Waals surface area contributed by atoms with Gasteiger partial charge in [-0.05, 0) is 0 Å². The van der Waals surface area contributed by atoms with Crippen molar-refractivity contribution in [3.05, 3.63) is 0 Å². The third-order valence-electron chi connectivity index (χ3n) is 3.36. The van der Waals surface area contributed by atoms with E-state index < -0.39 is 59.2 Å². The Morgan fingerprint density at radius 1 is 0.500 bits per heavy atom. The second-order valence-corrected chi connectivity index (χ2v) is 5.32. The Morgan fingerprint density at radius 3 is 0.967 bits per heavy atom. The van der Waals surface area contributed by atoms with E-state index in [1.165, 1.54) is 4.74 Å². The first kappa shape index (κ1) is 26.6. The number of halogens is 19. The molecule has 1 aliphatic rings. The quantitative estimate of drug-likeness (QED) is 0.355. The maximum atomic E-state index is 13.6. The fraction of sp³-hybridized carbons (Fsp3) is 1.00. The molecule has 1 fully saturated rings. The van der Waals surface area contributed by atoms with Gasteiger partial charge in [-0.1, -0.05) is 0 Å². The van der Waals surface area contributed by atoms with Crippen LogP contribution in [0.15, 0.2) is 0 Å². The van der Waals surface area contributed by atoms with Crippen LogP contribution < -0.4 is 0 Å². The highest BCUT2D eigenvalue weighted by molar-refractivity contribution is 5.11. The lowest BCUT2D eigenvalue weighted by Crippen LogP contribution is -2.86. The molecule has 21 heteroatoms. The van der Waals surface area contributed by atoms with Crippen LogP contribution in [0, 0.1) is 0 Å². The van der Waals surface area contributed by atoms with Gasteiger partial charge >= 0.3 is 54.3 Å². The van der Waals surface area contributed by atoms with Crippen molar-refractivity contribution in [2.75, 3.05) is 0 Å². The molecule has 0 bridgehead atoms. The molecule has 0 aromatic heterocycles. The Kier molecular flexibility index (Phi) is 5.41. The van der Waals surface area contributed by atoms with Crippen molar-refractivity contribution in [2.24, 2.45) is 0 Å². The Morgan fingerprint density at radius 2 is 0.767 bits per heavy atom. The number of rotatable bonds is 2. The summed E-state index contributed by atoms with van der Waals surface area (Å²) in [6.45, 7) is 0. The van der Waals surface area contributed by atoms with E-state index in [0.717, 1.165) is 0 Å². The predicted molar refractivity (Wildman–Crippen MR) is 48.6 cm³/mol. The monoisotopic (exact) mass is 499 g/mol. The van der Waals surface area contributed by atoms with Crippen molar-refractivity contribution in [1.29, 1.82) is 0 Å². The lowest BCUT2D eigenvalue weighted by atomic mass is 10.0. The van der Waals surface area contributed by atoms with Gasteiger partial charge in [-0.3, -0.25) is 4.74 Å². The normalized spacial score (nSPS) is 31.7. The minimum absolute atomic E-state index is 1.46. The third kappa shape index (κ3) is 2.97. The van der Waals surface area contributed by atoms with E-state index in [1.54, 1.807) is 0 Å². The number of morpholine rings is 1. The summed E-state index contributed by atoms with van der Waals surface area (Å²) >= 11 is 0. The Balaban J connectivity index is 4.11. The van der Waals surface area contributed by atoms with Crippen molar-refractivity contribution < 1.29 is 88.2 Å². The van der Waals surface area contributed by atoms with Crippen molar-refractivity contribution in [3.63, 3.8) is 0 Å². The average molecular weight is 499 g/mol. The molecule has 30 heavy (non-hydrogen) atoms. The van der Waals surface area contributed by atoms with E-state index in [4.69, 9.17) is 0 Å². The van der Waals surface area contributed by atoms with Crippen LogP contribution in [0.25, 0.3) is 0 Å². The first-order chi connectivity index (χ1) is 12.6. The number of hydrogen-bond donors (Lipinski definition) is 0. The lowest BCUT2D eigenvalue weighted by Gasteiger charge is -2.55. The molecule has 0 radical (unpaired) electrons. The van der Waals surface area contributed by atoms with E-state index in [9.17, 15) is 83.4 Å². The summed E-state index contributed by atoms with van der Waals surface area (Å²) in [6, 6.07) is -24.9. The average Bonchev–Trinajstić information content (AvgIpc) is 2.40. The second kappa shape index (κ2) is 6.09. The zero-order chi connectivity index (χ0) is 24.8. The first-order valence-corrected chi connectivity index (χ1v) is 6.17. The maximum Gasteiger partial charge on any atom is 0.461 e. The molecule has 0 aliphatic carbocycles. The topological polar surface area (TPSA) is 12.5 Å². The molecule has 1 rings (SSSR count). The molecule has 0 aromatic rings. The number of alkyl halides is 19. The van der Waals surface area contributed by atoms with E-state index in [2.05, 4.69) is 0 Å². The standard InChI is InChI=1S/C9F19NO/c10-1(11,4(14,15)16)7(23,24)29-8(25,26)2(12,5(17,18)19)30-3(13,6(20,21)22)9(29,27)28. The van der Waals surface area contributed by atoms with E-state index in [1.807, 2.05) is 0 Å². The Hall–Kier alpha value is -1.41. The van der Waals surface area contributed by atoms with Crippen LogP contribution in [-0.4, -0.2) is 59.2 Å². The third-order valence-corrected chi connectivity index (χ3v) is 3.36. The summed E-state index contributed by atoms with van der Waals surface area (Å²) in [5.74, 6) is -24.2. The van der Waals surface area contributed by atoms with Gasteiger partial charge in [0.2, 0.25) is 0 Å². The van der Waals surface area contributed by atoms with Crippen LogP contribution in [0.3, 0.4) is 0 Å². The molecule has 180 valence electrons.